The Labute approximate surface area is 174 Å². The summed E-state index contributed by atoms with van der Waals surface area (Å²) in [6.45, 7) is 1.78. The van der Waals surface area contributed by atoms with Crippen molar-refractivity contribution >= 4 is 34.0 Å². The van der Waals surface area contributed by atoms with Crippen LogP contribution in [0.5, 0.6) is 11.5 Å². The molecule has 30 heavy (non-hydrogen) atoms. The SMILES string of the molecule is COc1ccc([N+](=O)[O-])cc1OC(=O)c1cc(-c2cccs2)nc2c1c(C)nn2C. The van der Waals surface area contributed by atoms with Crippen LogP contribution >= 0.6 is 11.3 Å². The number of methoxy groups -OCH3 is 1. The van der Waals surface area contributed by atoms with Gasteiger partial charge in [0.05, 0.1) is 45.3 Å². The molecule has 0 bridgehead atoms. The number of fused-ring (bicyclic) bond motifs is 1. The maximum atomic E-state index is 13.2. The average molecular weight is 424 g/mol. The lowest BCUT2D eigenvalue weighted by atomic mass is 10.1. The van der Waals surface area contributed by atoms with Gasteiger partial charge in [-0.1, -0.05) is 6.07 Å². The number of nitrogens with zero attached hydrogens (tertiary/aromatic N) is 4. The van der Waals surface area contributed by atoms with Crippen molar-refractivity contribution in [1.29, 1.82) is 0 Å². The Morgan fingerprint density at radius 3 is 2.70 bits per heavy atom. The normalized spacial score (nSPS) is 10.9. The van der Waals surface area contributed by atoms with Gasteiger partial charge < -0.3 is 9.47 Å². The van der Waals surface area contributed by atoms with E-state index in [2.05, 4.69) is 10.1 Å². The first kappa shape index (κ1) is 19.5. The molecule has 0 amide bonds. The number of carbonyl (C=O) groups excluding carboxylic acids is 1. The van der Waals surface area contributed by atoms with Crippen molar-refractivity contribution in [1.82, 2.24) is 14.8 Å². The van der Waals surface area contributed by atoms with Crippen LogP contribution in [0.25, 0.3) is 21.6 Å². The third-order valence-electron chi connectivity index (χ3n) is 4.52. The van der Waals surface area contributed by atoms with Crippen LogP contribution in [0.1, 0.15) is 16.1 Å². The minimum absolute atomic E-state index is 0.0409. The quantitative estimate of drug-likeness (QED) is 0.205. The molecular weight excluding hydrogens is 408 g/mol. The van der Waals surface area contributed by atoms with Gasteiger partial charge in [-0.25, -0.2) is 9.78 Å². The first-order valence-corrected chi connectivity index (χ1v) is 9.70. The third-order valence-corrected chi connectivity index (χ3v) is 5.42. The summed E-state index contributed by atoms with van der Waals surface area (Å²) in [6, 6.07) is 9.27. The number of hydrogen-bond acceptors (Lipinski definition) is 8. The number of benzene rings is 1. The van der Waals surface area contributed by atoms with Gasteiger partial charge in [0.15, 0.2) is 17.1 Å². The van der Waals surface area contributed by atoms with Crippen LogP contribution in [0, 0.1) is 17.0 Å². The van der Waals surface area contributed by atoms with Gasteiger partial charge in [0, 0.05) is 13.1 Å². The highest BCUT2D eigenvalue weighted by Crippen LogP contribution is 2.34. The molecule has 0 radical (unpaired) electrons. The fraction of sp³-hybridized carbons (Fsp3) is 0.150. The number of pyridine rings is 1. The van der Waals surface area contributed by atoms with Crippen LogP contribution in [0.15, 0.2) is 41.8 Å². The Morgan fingerprint density at radius 2 is 2.03 bits per heavy atom. The molecule has 1 aromatic carbocycles. The van der Waals surface area contributed by atoms with Gasteiger partial charge in [0.25, 0.3) is 5.69 Å². The van der Waals surface area contributed by atoms with E-state index in [1.807, 2.05) is 17.5 Å². The number of esters is 1. The molecule has 152 valence electrons. The summed E-state index contributed by atoms with van der Waals surface area (Å²) < 4.78 is 12.3. The highest BCUT2D eigenvalue weighted by atomic mass is 32.1. The Hall–Kier alpha value is -3.79. The number of aryl methyl sites for hydroxylation is 2. The number of aromatic nitrogens is 3. The molecule has 3 aromatic heterocycles. The van der Waals surface area contributed by atoms with Crippen LogP contribution < -0.4 is 9.47 Å². The average Bonchev–Trinajstić information content (AvgIpc) is 3.36. The first-order valence-electron chi connectivity index (χ1n) is 8.82. The summed E-state index contributed by atoms with van der Waals surface area (Å²) in [5.74, 6) is -0.517. The maximum Gasteiger partial charge on any atom is 0.344 e. The molecule has 3 heterocycles. The van der Waals surface area contributed by atoms with Crippen LogP contribution in [0.4, 0.5) is 5.69 Å². The third kappa shape index (κ3) is 3.37. The van der Waals surface area contributed by atoms with E-state index >= 15 is 0 Å². The molecule has 0 aliphatic carbocycles. The summed E-state index contributed by atoms with van der Waals surface area (Å²) in [4.78, 5) is 29.2. The molecule has 0 spiro atoms. The largest absolute Gasteiger partial charge is 0.493 e. The Kier molecular flexibility index (Phi) is 4.92. The fourth-order valence-corrected chi connectivity index (χ4v) is 3.86. The molecule has 0 unspecified atom stereocenters. The molecule has 0 aliphatic heterocycles. The topological polar surface area (TPSA) is 109 Å². The molecule has 0 N–H and O–H groups in total. The summed E-state index contributed by atoms with van der Waals surface area (Å²) in [5, 5.41) is 18.0. The zero-order chi connectivity index (χ0) is 21.4. The van der Waals surface area contributed by atoms with Crippen LogP contribution in [0.3, 0.4) is 0 Å². The van der Waals surface area contributed by atoms with E-state index in [9.17, 15) is 14.9 Å². The highest BCUT2D eigenvalue weighted by molar-refractivity contribution is 7.13. The van der Waals surface area contributed by atoms with Crippen molar-refractivity contribution < 1.29 is 19.2 Å². The molecule has 0 fully saturated rings. The molecule has 0 aliphatic rings. The van der Waals surface area contributed by atoms with Crippen LogP contribution in [0.2, 0.25) is 0 Å². The predicted molar refractivity (Wildman–Crippen MR) is 111 cm³/mol. The number of nitro groups is 1. The smallest absolute Gasteiger partial charge is 0.344 e. The van der Waals surface area contributed by atoms with Crippen molar-refractivity contribution in [3.63, 3.8) is 0 Å². The van der Waals surface area contributed by atoms with E-state index in [0.717, 1.165) is 10.9 Å². The lowest BCUT2D eigenvalue weighted by molar-refractivity contribution is -0.384. The molecular formula is C20H16N4O5S. The predicted octanol–water partition coefficient (Wildman–Crippen LogP) is 4.14. The number of rotatable bonds is 5. The van der Waals surface area contributed by atoms with E-state index in [-0.39, 0.29) is 22.7 Å². The van der Waals surface area contributed by atoms with E-state index in [0.29, 0.717) is 22.4 Å². The number of non-ortho nitro benzene ring substituents is 1. The second kappa shape index (κ2) is 7.56. The van der Waals surface area contributed by atoms with Gasteiger partial charge in [-0.2, -0.15) is 5.10 Å². The lowest BCUT2D eigenvalue weighted by Gasteiger charge is -2.10. The van der Waals surface area contributed by atoms with Gasteiger partial charge in [-0.15, -0.1) is 11.3 Å². The van der Waals surface area contributed by atoms with Gasteiger partial charge in [-0.3, -0.25) is 14.8 Å². The molecule has 10 heteroatoms. The summed E-state index contributed by atoms with van der Waals surface area (Å²) in [7, 11) is 3.14. The summed E-state index contributed by atoms with van der Waals surface area (Å²) >= 11 is 1.49. The van der Waals surface area contributed by atoms with Crippen molar-refractivity contribution in [2.75, 3.05) is 7.11 Å². The zero-order valence-corrected chi connectivity index (χ0v) is 17.1. The second-order valence-electron chi connectivity index (χ2n) is 6.42. The molecule has 4 aromatic rings. The summed E-state index contributed by atoms with van der Waals surface area (Å²) in [5.41, 5.74) is 1.82. The number of hydrogen-bond donors (Lipinski definition) is 0. The minimum atomic E-state index is -0.685. The Bertz CT molecular complexity index is 1280. The van der Waals surface area contributed by atoms with E-state index in [4.69, 9.17) is 9.47 Å². The number of thiophene rings is 1. The van der Waals surface area contributed by atoms with E-state index in [1.165, 1.54) is 30.6 Å². The monoisotopic (exact) mass is 424 g/mol. The number of nitro benzene ring substituents is 1. The zero-order valence-electron chi connectivity index (χ0n) is 16.3. The molecule has 0 saturated heterocycles. The first-order chi connectivity index (χ1) is 14.4. The lowest BCUT2D eigenvalue weighted by Crippen LogP contribution is -2.11. The van der Waals surface area contributed by atoms with Gasteiger partial charge in [0.1, 0.15) is 0 Å². The van der Waals surface area contributed by atoms with Crippen molar-refractivity contribution in [2.24, 2.45) is 7.05 Å². The van der Waals surface area contributed by atoms with Gasteiger partial charge >= 0.3 is 5.97 Å². The standard InChI is InChI=1S/C20H16N4O5S/c1-11-18-13(10-14(17-5-4-8-30-17)21-19(18)23(2)22-11)20(25)29-16-9-12(24(26)27)6-7-15(16)28-3/h4-10H,1-3H3. The molecule has 4 rings (SSSR count). The number of carbonyl (C=O) groups is 1. The van der Waals surface area contributed by atoms with Gasteiger partial charge in [0.2, 0.25) is 0 Å². The summed E-state index contributed by atoms with van der Waals surface area (Å²) in [6.07, 6.45) is 0. The fourth-order valence-electron chi connectivity index (χ4n) is 3.17. The van der Waals surface area contributed by atoms with E-state index in [1.54, 1.807) is 24.7 Å². The van der Waals surface area contributed by atoms with Crippen molar-refractivity contribution in [2.45, 2.75) is 6.92 Å². The molecule has 0 atom stereocenters. The van der Waals surface area contributed by atoms with E-state index < -0.39 is 10.9 Å². The Morgan fingerprint density at radius 1 is 1.23 bits per heavy atom. The van der Waals surface area contributed by atoms with Gasteiger partial charge in [-0.05, 0) is 30.5 Å². The molecule has 9 nitrogen and oxygen atoms in total. The van der Waals surface area contributed by atoms with Crippen LogP contribution in [-0.4, -0.2) is 32.8 Å². The second-order valence-corrected chi connectivity index (χ2v) is 7.37. The highest BCUT2D eigenvalue weighted by Gasteiger charge is 2.23. The van der Waals surface area contributed by atoms with Crippen LogP contribution in [-0.2, 0) is 7.05 Å². The van der Waals surface area contributed by atoms with Crippen molar-refractivity contribution in [3.05, 3.63) is 63.1 Å². The Balaban J connectivity index is 1.84. The van der Waals surface area contributed by atoms with Crippen molar-refractivity contribution in [3.8, 4) is 22.1 Å². The maximum absolute atomic E-state index is 13.2. The minimum Gasteiger partial charge on any atom is -0.493 e. The number of ether oxygens (including phenoxy) is 2. The molecule has 0 saturated carbocycles.